The molecule has 2 aromatic rings. The molecule has 1 aliphatic rings. The normalized spacial score (nSPS) is 20.8. The van der Waals surface area contributed by atoms with Crippen LogP contribution < -0.4 is 4.74 Å². The van der Waals surface area contributed by atoms with Gasteiger partial charge in [0, 0.05) is 19.1 Å². The van der Waals surface area contributed by atoms with Crippen molar-refractivity contribution in [1.82, 2.24) is 15.0 Å². The van der Waals surface area contributed by atoms with E-state index in [0.29, 0.717) is 18.3 Å². The number of hydrogen-bond acceptors (Lipinski definition) is 6. The molecular weight excluding hydrogens is 318 g/mol. The van der Waals surface area contributed by atoms with Crippen molar-refractivity contribution in [2.75, 3.05) is 33.9 Å². The van der Waals surface area contributed by atoms with Gasteiger partial charge < -0.3 is 18.9 Å². The summed E-state index contributed by atoms with van der Waals surface area (Å²) in [4.78, 5) is 6.74. The molecule has 6 nitrogen and oxygen atoms in total. The van der Waals surface area contributed by atoms with Crippen molar-refractivity contribution in [3.8, 4) is 17.1 Å². The van der Waals surface area contributed by atoms with Gasteiger partial charge in [0.2, 0.25) is 11.7 Å². The van der Waals surface area contributed by atoms with Crippen molar-refractivity contribution >= 4 is 0 Å². The second kappa shape index (κ2) is 8.45. The topological polar surface area (TPSA) is 60.6 Å². The smallest absolute Gasteiger partial charge is 0.230 e. The quantitative estimate of drug-likeness (QED) is 0.767. The highest BCUT2D eigenvalue weighted by atomic mass is 16.5. The Morgan fingerprint density at radius 3 is 2.92 bits per heavy atom. The zero-order chi connectivity index (χ0) is 17.6. The van der Waals surface area contributed by atoms with Gasteiger partial charge in [0.25, 0.3) is 0 Å². The predicted octanol–water partition coefficient (Wildman–Crippen LogP) is 3.35. The van der Waals surface area contributed by atoms with Gasteiger partial charge in [-0.1, -0.05) is 24.2 Å². The highest BCUT2D eigenvalue weighted by Crippen LogP contribution is 2.33. The Morgan fingerprint density at radius 1 is 1.28 bits per heavy atom. The van der Waals surface area contributed by atoms with Crippen molar-refractivity contribution in [2.45, 2.75) is 38.2 Å². The van der Waals surface area contributed by atoms with Gasteiger partial charge in [0.1, 0.15) is 12.4 Å². The molecule has 0 unspecified atom stereocenters. The number of benzene rings is 1. The minimum absolute atomic E-state index is 0.279. The van der Waals surface area contributed by atoms with Crippen LogP contribution in [0.2, 0.25) is 0 Å². The molecule has 0 bridgehead atoms. The molecule has 6 heteroatoms. The maximum Gasteiger partial charge on any atom is 0.230 e. The van der Waals surface area contributed by atoms with Gasteiger partial charge in [-0.25, -0.2) is 0 Å². The SMILES string of the molecule is CC[C@H]1C[C@@H](c2nc(-c3ccccc3OCCN(C)C)no2)CCO1. The van der Waals surface area contributed by atoms with Crippen LogP contribution in [-0.2, 0) is 4.74 Å². The van der Waals surface area contributed by atoms with Gasteiger partial charge >= 0.3 is 0 Å². The Hall–Kier alpha value is -1.92. The zero-order valence-corrected chi connectivity index (χ0v) is 15.3. The van der Waals surface area contributed by atoms with Crippen LogP contribution in [0.25, 0.3) is 11.4 Å². The molecule has 136 valence electrons. The molecule has 25 heavy (non-hydrogen) atoms. The van der Waals surface area contributed by atoms with E-state index in [1.165, 1.54) is 0 Å². The fourth-order valence-electron chi connectivity index (χ4n) is 3.01. The van der Waals surface area contributed by atoms with Gasteiger partial charge in [0.15, 0.2) is 0 Å². The first-order valence-corrected chi connectivity index (χ1v) is 8.99. The summed E-state index contributed by atoms with van der Waals surface area (Å²) in [5.41, 5.74) is 0.871. The average molecular weight is 345 g/mol. The van der Waals surface area contributed by atoms with E-state index >= 15 is 0 Å². The second-order valence-electron chi connectivity index (χ2n) is 6.73. The number of hydrogen-bond donors (Lipinski definition) is 0. The van der Waals surface area contributed by atoms with Crippen molar-refractivity contribution < 1.29 is 14.0 Å². The molecule has 1 saturated heterocycles. The fourth-order valence-corrected chi connectivity index (χ4v) is 3.01. The third-order valence-electron chi connectivity index (χ3n) is 4.54. The molecule has 1 fully saturated rings. The van der Waals surface area contributed by atoms with Crippen molar-refractivity contribution in [3.63, 3.8) is 0 Å². The summed E-state index contributed by atoms with van der Waals surface area (Å²) in [5.74, 6) is 2.37. The Kier molecular flexibility index (Phi) is 6.04. The number of ether oxygens (including phenoxy) is 2. The molecule has 0 amide bonds. The van der Waals surface area contributed by atoms with E-state index in [2.05, 4.69) is 22.0 Å². The van der Waals surface area contributed by atoms with Gasteiger partial charge in [-0.15, -0.1) is 0 Å². The van der Waals surface area contributed by atoms with Gasteiger partial charge in [-0.3, -0.25) is 0 Å². The summed E-state index contributed by atoms with van der Waals surface area (Å²) in [6.45, 7) is 4.37. The van der Waals surface area contributed by atoms with Crippen LogP contribution in [0, 0.1) is 0 Å². The first kappa shape index (κ1) is 17.9. The minimum Gasteiger partial charge on any atom is -0.491 e. The monoisotopic (exact) mass is 345 g/mol. The van der Waals surface area contributed by atoms with Gasteiger partial charge in [-0.2, -0.15) is 4.98 Å². The molecule has 0 aliphatic carbocycles. The van der Waals surface area contributed by atoms with Crippen molar-refractivity contribution in [2.24, 2.45) is 0 Å². The van der Waals surface area contributed by atoms with Gasteiger partial charge in [0.05, 0.1) is 11.7 Å². The summed E-state index contributed by atoms with van der Waals surface area (Å²) in [6, 6.07) is 7.84. The van der Waals surface area contributed by atoms with E-state index in [-0.39, 0.29) is 12.0 Å². The molecule has 0 radical (unpaired) electrons. The van der Waals surface area contributed by atoms with Crippen molar-refractivity contribution in [1.29, 1.82) is 0 Å². The summed E-state index contributed by atoms with van der Waals surface area (Å²) in [6.07, 6.45) is 3.17. The average Bonchev–Trinajstić information content (AvgIpc) is 3.12. The highest BCUT2D eigenvalue weighted by Gasteiger charge is 2.27. The third kappa shape index (κ3) is 4.58. The van der Waals surface area contributed by atoms with E-state index in [4.69, 9.17) is 14.0 Å². The Morgan fingerprint density at radius 2 is 2.12 bits per heavy atom. The number of aromatic nitrogens is 2. The van der Waals surface area contributed by atoms with E-state index < -0.39 is 0 Å². The lowest BCUT2D eigenvalue weighted by Crippen LogP contribution is -2.24. The highest BCUT2D eigenvalue weighted by molar-refractivity contribution is 5.63. The summed E-state index contributed by atoms with van der Waals surface area (Å²) in [7, 11) is 4.05. The molecule has 1 aliphatic heterocycles. The molecule has 2 heterocycles. The van der Waals surface area contributed by atoms with Crippen molar-refractivity contribution in [3.05, 3.63) is 30.2 Å². The molecule has 1 aromatic carbocycles. The van der Waals surface area contributed by atoms with Gasteiger partial charge in [-0.05, 0) is 45.5 Å². The zero-order valence-electron chi connectivity index (χ0n) is 15.3. The van der Waals surface area contributed by atoms with Crippen LogP contribution in [0.4, 0.5) is 0 Å². The van der Waals surface area contributed by atoms with E-state index in [1.807, 2.05) is 38.4 Å². The lowest BCUT2D eigenvalue weighted by molar-refractivity contribution is 0.0000982. The maximum absolute atomic E-state index is 5.91. The lowest BCUT2D eigenvalue weighted by Gasteiger charge is -2.26. The van der Waals surface area contributed by atoms with E-state index in [0.717, 1.165) is 43.7 Å². The molecule has 2 atom stereocenters. The Balaban J connectivity index is 1.73. The van der Waals surface area contributed by atoms with Crippen LogP contribution >= 0.6 is 0 Å². The van der Waals surface area contributed by atoms with Crippen LogP contribution in [0.3, 0.4) is 0 Å². The molecule has 0 spiro atoms. The predicted molar refractivity (Wildman–Crippen MR) is 95.8 cm³/mol. The standard InChI is InChI=1S/C19H27N3O3/c1-4-15-13-14(9-11-23-15)19-20-18(21-25-19)16-7-5-6-8-17(16)24-12-10-22(2)3/h5-8,14-15H,4,9-13H2,1-3H3/t14-,15-/m0/s1. The van der Waals surface area contributed by atoms with Crippen LogP contribution in [0.15, 0.2) is 28.8 Å². The van der Waals surface area contributed by atoms with E-state index in [9.17, 15) is 0 Å². The number of nitrogens with zero attached hydrogens (tertiary/aromatic N) is 3. The first-order valence-electron chi connectivity index (χ1n) is 8.99. The largest absolute Gasteiger partial charge is 0.491 e. The van der Waals surface area contributed by atoms with Crippen LogP contribution in [0.5, 0.6) is 5.75 Å². The van der Waals surface area contributed by atoms with Crippen LogP contribution in [0.1, 0.15) is 38.0 Å². The van der Waals surface area contributed by atoms with Crippen LogP contribution in [-0.4, -0.2) is 55.0 Å². The molecule has 3 rings (SSSR count). The Bertz CT molecular complexity index is 671. The van der Waals surface area contributed by atoms with E-state index in [1.54, 1.807) is 0 Å². The third-order valence-corrected chi connectivity index (χ3v) is 4.54. The minimum atomic E-state index is 0.279. The number of rotatable bonds is 7. The first-order chi connectivity index (χ1) is 12.2. The lowest BCUT2D eigenvalue weighted by atomic mass is 9.94. The number of para-hydroxylation sites is 1. The molecule has 1 aromatic heterocycles. The maximum atomic E-state index is 5.91. The summed E-state index contributed by atoms with van der Waals surface area (Å²) < 4.78 is 17.2. The Labute approximate surface area is 149 Å². The summed E-state index contributed by atoms with van der Waals surface area (Å²) in [5, 5.41) is 4.20. The molecule has 0 N–H and O–H groups in total. The number of likely N-dealkylation sites (N-methyl/N-ethyl adjacent to an activating group) is 1. The molecule has 0 saturated carbocycles. The summed E-state index contributed by atoms with van der Waals surface area (Å²) >= 11 is 0. The molecular formula is C19H27N3O3. The fraction of sp³-hybridized carbons (Fsp3) is 0.579. The second-order valence-corrected chi connectivity index (χ2v) is 6.73.